The number of amides is 1. The van der Waals surface area contributed by atoms with Crippen molar-refractivity contribution < 1.29 is 4.79 Å². The molecule has 0 aliphatic rings. The molecule has 3 aromatic rings. The quantitative estimate of drug-likeness (QED) is 0.778. The van der Waals surface area contributed by atoms with Gasteiger partial charge in [-0.3, -0.25) is 9.59 Å². The van der Waals surface area contributed by atoms with E-state index in [9.17, 15) is 9.59 Å². The van der Waals surface area contributed by atoms with E-state index in [2.05, 4.69) is 15.5 Å². The molecule has 5 heteroatoms. The van der Waals surface area contributed by atoms with E-state index in [1.807, 2.05) is 54.6 Å². The maximum atomic E-state index is 12.2. The van der Waals surface area contributed by atoms with E-state index in [4.69, 9.17) is 0 Å². The molecule has 0 aliphatic heterocycles. The van der Waals surface area contributed by atoms with Crippen LogP contribution in [0.4, 0.5) is 5.69 Å². The predicted molar refractivity (Wildman–Crippen MR) is 88.5 cm³/mol. The lowest BCUT2D eigenvalue weighted by Gasteiger charge is -2.10. The van der Waals surface area contributed by atoms with Crippen LogP contribution in [0.5, 0.6) is 0 Å². The molecule has 0 saturated heterocycles. The van der Waals surface area contributed by atoms with Gasteiger partial charge in [0.15, 0.2) is 0 Å². The van der Waals surface area contributed by atoms with Gasteiger partial charge in [-0.2, -0.15) is 5.10 Å². The van der Waals surface area contributed by atoms with Gasteiger partial charge in [0.25, 0.3) is 11.5 Å². The molecule has 1 aromatic heterocycles. The molecule has 0 aliphatic carbocycles. The van der Waals surface area contributed by atoms with Crippen LogP contribution in [0.3, 0.4) is 0 Å². The molecular weight excluding hydrogens is 290 g/mol. The molecule has 1 heterocycles. The van der Waals surface area contributed by atoms with E-state index in [0.717, 1.165) is 23.2 Å². The van der Waals surface area contributed by atoms with Gasteiger partial charge in [-0.25, -0.2) is 5.10 Å². The minimum absolute atomic E-state index is 0.166. The summed E-state index contributed by atoms with van der Waals surface area (Å²) in [6.07, 6.45) is 0.719. The van der Waals surface area contributed by atoms with Crippen LogP contribution < -0.4 is 10.9 Å². The smallest absolute Gasteiger partial charge is 0.276 e. The Morgan fingerprint density at radius 2 is 1.70 bits per heavy atom. The van der Waals surface area contributed by atoms with Gasteiger partial charge in [-0.05, 0) is 29.7 Å². The first kappa shape index (κ1) is 14.7. The van der Waals surface area contributed by atoms with Crippen LogP contribution in [0.15, 0.2) is 71.5 Å². The summed E-state index contributed by atoms with van der Waals surface area (Å²) in [7, 11) is 0. The number of hydrogen-bond donors (Lipinski definition) is 2. The minimum atomic E-state index is -0.359. The summed E-state index contributed by atoms with van der Waals surface area (Å²) >= 11 is 0. The molecule has 0 fully saturated rings. The van der Waals surface area contributed by atoms with Crippen molar-refractivity contribution in [2.45, 2.75) is 6.42 Å². The molecule has 2 aromatic carbocycles. The monoisotopic (exact) mass is 305 g/mol. The van der Waals surface area contributed by atoms with Crippen molar-refractivity contribution in [2.75, 3.05) is 5.32 Å². The molecule has 1 amide bonds. The van der Waals surface area contributed by atoms with Crippen LogP contribution in [-0.2, 0) is 6.42 Å². The zero-order valence-electron chi connectivity index (χ0n) is 12.3. The van der Waals surface area contributed by atoms with Crippen LogP contribution in [0.1, 0.15) is 21.6 Å². The zero-order valence-corrected chi connectivity index (χ0v) is 12.3. The Bertz CT molecular complexity index is 852. The molecule has 5 nitrogen and oxygen atoms in total. The average molecular weight is 305 g/mol. The molecule has 0 atom stereocenters. The van der Waals surface area contributed by atoms with Gasteiger partial charge in [-0.15, -0.1) is 0 Å². The number of carbonyl (C=O) groups excluding carboxylic acids is 1. The summed E-state index contributed by atoms with van der Waals surface area (Å²) in [5, 5.41) is 8.84. The number of aromatic nitrogens is 2. The van der Waals surface area contributed by atoms with E-state index in [1.165, 1.54) is 12.1 Å². The van der Waals surface area contributed by atoms with E-state index in [0.29, 0.717) is 0 Å². The number of nitrogens with zero attached hydrogens (tertiary/aromatic N) is 1. The van der Waals surface area contributed by atoms with Crippen molar-refractivity contribution >= 4 is 11.6 Å². The lowest BCUT2D eigenvalue weighted by atomic mass is 10.0. The van der Waals surface area contributed by atoms with Gasteiger partial charge in [0.05, 0.1) is 0 Å². The van der Waals surface area contributed by atoms with E-state index in [-0.39, 0.29) is 17.2 Å². The SMILES string of the molecule is O=C(Nc1ccccc1Cc1ccccc1)c1ccc(=O)[nH]n1. The lowest BCUT2D eigenvalue weighted by molar-refractivity contribution is 0.102. The third-order valence-corrected chi connectivity index (χ3v) is 3.41. The number of nitrogens with one attached hydrogen (secondary N) is 2. The Morgan fingerprint density at radius 3 is 2.43 bits per heavy atom. The highest BCUT2D eigenvalue weighted by atomic mass is 16.2. The first-order chi connectivity index (χ1) is 11.2. The number of hydrogen-bond acceptors (Lipinski definition) is 3. The Labute approximate surface area is 133 Å². The summed E-state index contributed by atoms with van der Waals surface area (Å²) in [6, 6.07) is 20.3. The van der Waals surface area contributed by atoms with Crippen LogP contribution in [-0.4, -0.2) is 16.1 Å². The predicted octanol–water partition coefficient (Wildman–Crippen LogP) is 2.61. The van der Waals surface area contributed by atoms with Gasteiger partial charge < -0.3 is 5.32 Å². The molecule has 3 rings (SSSR count). The highest BCUT2D eigenvalue weighted by Crippen LogP contribution is 2.19. The van der Waals surface area contributed by atoms with Gasteiger partial charge >= 0.3 is 0 Å². The maximum absolute atomic E-state index is 12.2. The maximum Gasteiger partial charge on any atom is 0.276 e. The number of rotatable bonds is 4. The van der Waals surface area contributed by atoms with Gasteiger partial charge in [0, 0.05) is 11.8 Å². The molecule has 23 heavy (non-hydrogen) atoms. The largest absolute Gasteiger partial charge is 0.320 e. The van der Waals surface area contributed by atoms with Gasteiger partial charge in [0.2, 0.25) is 0 Å². The average Bonchev–Trinajstić information content (AvgIpc) is 2.58. The topological polar surface area (TPSA) is 74.8 Å². The highest BCUT2D eigenvalue weighted by molar-refractivity contribution is 6.03. The Kier molecular flexibility index (Phi) is 4.29. The number of H-pyrrole nitrogens is 1. The number of benzene rings is 2. The summed E-state index contributed by atoms with van der Waals surface area (Å²) in [4.78, 5) is 23.2. The van der Waals surface area contributed by atoms with Crippen molar-refractivity contribution in [2.24, 2.45) is 0 Å². The molecular formula is C18H15N3O2. The number of carbonyl (C=O) groups is 1. The second-order valence-corrected chi connectivity index (χ2v) is 5.08. The Hall–Kier alpha value is -3.21. The van der Waals surface area contributed by atoms with Crippen LogP contribution in [0, 0.1) is 0 Å². The lowest BCUT2D eigenvalue weighted by Crippen LogP contribution is -2.18. The van der Waals surface area contributed by atoms with Crippen molar-refractivity contribution in [3.8, 4) is 0 Å². The number of aromatic amines is 1. The molecule has 0 unspecified atom stereocenters. The van der Waals surface area contributed by atoms with E-state index in [1.54, 1.807) is 0 Å². The second-order valence-electron chi connectivity index (χ2n) is 5.08. The third-order valence-electron chi connectivity index (χ3n) is 3.41. The van der Waals surface area contributed by atoms with Crippen LogP contribution in [0.2, 0.25) is 0 Å². The fraction of sp³-hybridized carbons (Fsp3) is 0.0556. The van der Waals surface area contributed by atoms with E-state index < -0.39 is 0 Å². The number of para-hydroxylation sites is 1. The van der Waals surface area contributed by atoms with Crippen LogP contribution in [0.25, 0.3) is 0 Å². The van der Waals surface area contributed by atoms with Crippen molar-refractivity contribution in [3.63, 3.8) is 0 Å². The normalized spacial score (nSPS) is 10.3. The third kappa shape index (κ3) is 3.71. The molecule has 0 spiro atoms. The number of anilines is 1. The molecule has 0 radical (unpaired) electrons. The fourth-order valence-corrected chi connectivity index (χ4v) is 2.27. The minimum Gasteiger partial charge on any atom is -0.320 e. The van der Waals surface area contributed by atoms with Crippen molar-refractivity contribution in [3.05, 3.63) is 93.9 Å². The Morgan fingerprint density at radius 1 is 0.957 bits per heavy atom. The van der Waals surface area contributed by atoms with Gasteiger partial charge in [-0.1, -0.05) is 48.5 Å². The summed E-state index contributed by atoms with van der Waals surface area (Å²) in [5.41, 5.74) is 2.73. The van der Waals surface area contributed by atoms with E-state index >= 15 is 0 Å². The van der Waals surface area contributed by atoms with Crippen molar-refractivity contribution in [1.29, 1.82) is 0 Å². The fourth-order valence-electron chi connectivity index (χ4n) is 2.27. The Balaban J connectivity index is 1.81. The summed E-state index contributed by atoms with van der Waals surface area (Å²) in [6.45, 7) is 0. The second kappa shape index (κ2) is 6.70. The molecule has 2 N–H and O–H groups in total. The first-order valence-corrected chi connectivity index (χ1v) is 7.21. The molecule has 0 saturated carbocycles. The highest BCUT2D eigenvalue weighted by Gasteiger charge is 2.10. The standard InChI is InChI=1S/C18H15N3O2/c22-17-11-10-16(20-21-17)18(23)19-15-9-5-4-8-14(15)12-13-6-2-1-3-7-13/h1-11H,12H2,(H,19,23)(H,21,22). The van der Waals surface area contributed by atoms with Crippen LogP contribution >= 0.6 is 0 Å². The zero-order chi connectivity index (χ0) is 16.1. The first-order valence-electron chi connectivity index (χ1n) is 7.21. The van der Waals surface area contributed by atoms with Crippen molar-refractivity contribution in [1.82, 2.24) is 10.2 Å². The molecule has 114 valence electrons. The molecule has 0 bridgehead atoms. The van der Waals surface area contributed by atoms with Gasteiger partial charge in [0.1, 0.15) is 5.69 Å². The summed E-state index contributed by atoms with van der Waals surface area (Å²) in [5.74, 6) is -0.359. The summed E-state index contributed by atoms with van der Waals surface area (Å²) < 4.78 is 0.